The number of hydrogen-bond donors (Lipinski definition) is 4. The van der Waals surface area contributed by atoms with Gasteiger partial charge in [-0.3, -0.25) is 19.7 Å². The van der Waals surface area contributed by atoms with Crippen LogP contribution in [0, 0.1) is 0 Å². The lowest BCUT2D eigenvalue weighted by Crippen LogP contribution is -2.15. The van der Waals surface area contributed by atoms with Crippen molar-refractivity contribution in [1.82, 2.24) is 20.2 Å². The van der Waals surface area contributed by atoms with Crippen LogP contribution in [0.2, 0.25) is 0 Å². The molecule has 1 aromatic carbocycles. The van der Waals surface area contributed by atoms with Gasteiger partial charge in [0.25, 0.3) is 11.8 Å². The van der Waals surface area contributed by atoms with Crippen molar-refractivity contribution in [3.63, 3.8) is 0 Å². The Labute approximate surface area is 178 Å². The quantitative estimate of drug-likeness (QED) is 0.384. The minimum atomic E-state index is -0.350. The van der Waals surface area contributed by atoms with E-state index in [0.717, 1.165) is 11.3 Å². The Bertz CT molecular complexity index is 1220. The van der Waals surface area contributed by atoms with Crippen LogP contribution in [-0.4, -0.2) is 39.0 Å². The van der Waals surface area contributed by atoms with Crippen LogP contribution in [0.25, 0.3) is 11.3 Å². The molecule has 31 heavy (non-hydrogen) atoms. The molecule has 4 rings (SSSR count). The van der Waals surface area contributed by atoms with E-state index in [0.29, 0.717) is 22.8 Å². The van der Waals surface area contributed by atoms with Crippen molar-refractivity contribution < 1.29 is 9.59 Å². The average molecular weight is 413 g/mol. The lowest BCUT2D eigenvalue weighted by molar-refractivity contribution is 0.101. The number of aromatic amines is 1. The van der Waals surface area contributed by atoms with Crippen molar-refractivity contribution >= 4 is 29.0 Å². The molecule has 0 aliphatic carbocycles. The fraction of sp³-hybridized carbons (Fsp3) is 0.0455. The van der Waals surface area contributed by atoms with Gasteiger partial charge in [-0.05, 0) is 42.5 Å². The van der Waals surface area contributed by atoms with Crippen molar-refractivity contribution in [3.05, 3.63) is 84.4 Å². The number of nitrogens with one attached hydrogen (secondary N) is 4. The SMILES string of the molecule is CNc1cccc(C(=O)Nc2cccc(NC(=O)c3cncc(-c4ccn[nH]4)c3)c2)n1. The molecule has 3 heterocycles. The summed E-state index contributed by atoms with van der Waals surface area (Å²) in [7, 11) is 1.73. The van der Waals surface area contributed by atoms with E-state index in [1.165, 1.54) is 6.20 Å². The molecular weight excluding hydrogens is 394 g/mol. The second-order valence-corrected chi connectivity index (χ2v) is 6.58. The van der Waals surface area contributed by atoms with Crippen LogP contribution in [0.3, 0.4) is 0 Å². The first kappa shape index (κ1) is 19.8. The van der Waals surface area contributed by atoms with Crippen LogP contribution in [-0.2, 0) is 0 Å². The molecule has 0 atom stereocenters. The Balaban J connectivity index is 1.46. The van der Waals surface area contributed by atoms with Crippen LogP contribution < -0.4 is 16.0 Å². The van der Waals surface area contributed by atoms with Gasteiger partial charge in [-0.2, -0.15) is 5.10 Å². The largest absolute Gasteiger partial charge is 0.373 e. The predicted octanol–water partition coefficient (Wildman–Crippen LogP) is 3.41. The molecular formula is C22H19N7O2. The number of nitrogens with zero attached hydrogens (tertiary/aromatic N) is 3. The van der Waals surface area contributed by atoms with Gasteiger partial charge in [-0.25, -0.2) is 4.98 Å². The zero-order chi connectivity index (χ0) is 21.6. The van der Waals surface area contributed by atoms with E-state index in [9.17, 15) is 9.59 Å². The summed E-state index contributed by atoms with van der Waals surface area (Å²) in [5, 5.41) is 15.3. The van der Waals surface area contributed by atoms with E-state index in [1.54, 1.807) is 74.0 Å². The van der Waals surface area contributed by atoms with E-state index >= 15 is 0 Å². The minimum Gasteiger partial charge on any atom is -0.373 e. The van der Waals surface area contributed by atoms with E-state index in [1.807, 2.05) is 0 Å². The van der Waals surface area contributed by atoms with Crippen LogP contribution in [0.1, 0.15) is 20.8 Å². The lowest BCUT2D eigenvalue weighted by Gasteiger charge is -2.10. The van der Waals surface area contributed by atoms with Crippen LogP contribution >= 0.6 is 0 Å². The van der Waals surface area contributed by atoms with E-state index < -0.39 is 0 Å². The summed E-state index contributed by atoms with van der Waals surface area (Å²) >= 11 is 0. The van der Waals surface area contributed by atoms with Crippen LogP contribution in [0.4, 0.5) is 17.2 Å². The number of pyridine rings is 2. The average Bonchev–Trinajstić information content (AvgIpc) is 3.34. The molecule has 0 radical (unpaired) electrons. The highest BCUT2D eigenvalue weighted by atomic mass is 16.2. The van der Waals surface area contributed by atoms with E-state index in [-0.39, 0.29) is 17.5 Å². The van der Waals surface area contributed by atoms with Gasteiger partial charge in [0.05, 0.1) is 11.3 Å². The fourth-order valence-electron chi connectivity index (χ4n) is 2.90. The maximum absolute atomic E-state index is 12.7. The maximum Gasteiger partial charge on any atom is 0.274 e. The predicted molar refractivity (Wildman–Crippen MR) is 118 cm³/mol. The Morgan fingerprint density at radius 3 is 2.42 bits per heavy atom. The summed E-state index contributed by atoms with van der Waals surface area (Å²) in [6, 6.07) is 15.5. The first-order valence-electron chi connectivity index (χ1n) is 9.45. The van der Waals surface area contributed by atoms with Crippen molar-refractivity contribution in [3.8, 4) is 11.3 Å². The number of aromatic nitrogens is 4. The maximum atomic E-state index is 12.7. The second-order valence-electron chi connectivity index (χ2n) is 6.58. The van der Waals surface area contributed by atoms with Gasteiger partial charge in [0.15, 0.2) is 0 Å². The number of carbonyl (C=O) groups is 2. The smallest absolute Gasteiger partial charge is 0.274 e. The van der Waals surface area contributed by atoms with Crippen molar-refractivity contribution in [2.75, 3.05) is 23.0 Å². The topological polar surface area (TPSA) is 125 Å². The summed E-state index contributed by atoms with van der Waals surface area (Å²) in [6.45, 7) is 0. The molecule has 4 aromatic rings. The fourth-order valence-corrected chi connectivity index (χ4v) is 2.90. The van der Waals surface area contributed by atoms with Gasteiger partial charge < -0.3 is 16.0 Å². The summed E-state index contributed by atoms with van der Waals surface area (Å²) in [5.74, 6) is -0.0719. The highest BCUT2D eigenvalue weighted by Crippen LogP contribution is 2.19. The Morgan fingerprint density at radius 2 is 1.68 bits per heavy atom. The van der Waals surface area contributed by atoms with Gasteiger partial charge >= 0.3 is 0 Å². The highest BCUT2D eigenvalue weighted by Gasteiger charge is 2.11. The molecule has 0 spiro atoms. The first-order valence-corrected chi connectivity index (χ1v) is 9.45. The first-order chi connectivity index (χ1) is 15.1. The minimum absolute atomic E-state index is 0.281. The number of amides is 2. The third-order valence-electron chi connectivity index (χ3n) is 4.43. The third kappa shape index (κ3) is 4.73. The number of anilines is 3. The number of hydrogen-bond acceptors (Lipinski definition) is 6. The highest BCUT2D eigenvalue weighted by molar-refractivity contribution is 6.06. The molecule has 3 aromatic heterocycles. The molecule has 0 bridgehead atoms. The zero-order valence-corrected chi connectivity index (χ0v) is 16.6. The molecule has 9 nitrogen and oxygen atoms in total. The molecule has 0 aliphatic rings. The van der Waals surface area contributed by atoms with Gasteiger partial charge in [0.2, 0.25) is 0 Å². The molecule has 0 unspecified atom stereocenters. The molecule has 9 heteroatoms. The van der Waals surface area contributed by atoms with Crippen molar-refractivity contribution in [2.24, 2.45) is 0 Å². The molecule has 154 valence electrons. The van der Waals surface area contributed by atoms with E-state index in [4.69, 9.17) is 0 Å². The summed E-state index contributed by atoms with van der Waals surface area (Å²) in [6.07, 6.45) is 4.77. The van der Waals surface area contributed by atoms with Crippen molar-refractivity contribution in [2.45, 2.75) is 0 Å². The molecule has 4 N–H and O–H groups in total. The van der Waals surface area contributed by atoms with Gasteiger partial charge in [0, 0.05) is 42.6 Å². The summed E-state index contributed by atoms with van der Waals surface area (Å²) in [5.41, 5.74) is 3.26. The zero-order valence-electron chi connectivity index (χ0n) is 16.6. The third-order valence-corrected chi connectivity index (χ3v) is 4.43. The Hall–Kier alpha value is -4.53. The molecule has 0 aliphatic heterocycles. The van der Waals surface area contributed by atoms with Crippen LogP contribution in [0.15, 0.2) is 73.2 Å². The Morgan fingerprint density at radius 1 is 0.903 bits per heavy atom. The van der Waals surface area contributed by atoms with Crippen LogP contribution in [0.5, 0.6) is 0 Å². The van der Waals surface area contributed by atoms with E-state index in [2.05, 4.69) is 36.1 Å². The monoisotopic (exact) mass is 413 g/mol. The number of H-pyrrole nitrogens is 1. The summed E-state index contributed by atoms with van der Waals surface area (Å²) < 4.78 is 0. The standard InChI is InChI=1S/C22H19N7O2/c1-23-20-7-3-6-19(28-20)22(31)27-17-5-2-4-16(11-17)26-21(30)15-10-14(12-24-13-15)18-8-9-25-29-18/h2-13H,1H3,(H,23,28)(H,25,29)(H,26,30)(H,27,31). The lowest BCUT2D eigenvalue weighted by atomic mass is 10.1. The molecule has 2 amide bonds. The molecule has 0 saturated heterocycles. The van der Waals surface area contributed by atoms with Gasteiger partial charge in [-0.15, -0.1) is 0 Å². The number of benzene rings is 1. The molecule has 0 fully saturated rings. The number of carbonyl (C=O) groups excluding carboxylic acids is 2. The summed E-state index contributed by atoms with van der Waals surface area (Å²) in [4.78, 5) is 33.5. The Kier molecular flexibility index (Phi) is 5.66. The normalized spacial score (nSPS) is 10.4. The van der Waals surface area contributed by atoms with Gasteiger partial charge in [0.1, 0.15) is 11.5 Å². The second kappa shape index (κ2) is 8.87. The van der Waals surface area contributed by atoms with Gasteiger partial charge in [-0.1, -0.05) is 12.1 Å². The molecule has 0 saturated carbocycles. The number of rotatable bonds is 6. The van der Waals surface area contributed by atoms with Crippen molar-refractivity contribution in [1.29, 1.82) is 0 Å².